The lowest BCUT2D eigenvalue weighted by molar-refractivity contribution is -0.192. The van der Waals surface area contributed by atoms with Crippen LogP contribution in [-0.4, -0.2) is 44.3 Å². The zero-order valence-corrected chi connectivity index (χ0v) is 15.8. The first-order chi connectivity index (χ1) is 14.1. The number of carboxylic acids is 1. The van der Waals surface area contributed by atoms with Crippen LogP contribution in [0, 0.1) is 0 Å². The molecule has 2 heterocycles. The van der Waals surface area contributed by atoms with Crippen LogP contribution in [0.2, 0.25) is 0 Å². The predicted octanol–water partition coefficient (Wildman–Crippen LogP) is 2.31. The highest BCUT2D eigenvalue weighted by atomic mass is 19.4. The summed E-state index contributed by atoms with van der Waals surface area (Å²) in [4.78, 5) is 25.5. The largest absolute Gasteiger partial charge is 0.490 e. The number of aromatic nitrogens is 3. The molecular formula is C18H19F3N6O3. The molecule has 0 saturated heterocycles. The first kappa shape index (κ1) is 22.6. The van der Waals surface area contributed by atoms with E-state index >= 15 is 0 Å². The third-order valence-electron chi connectivity index (χ3n) is 3.68. The van der Waals surface area contributed by atoms with Crippen molar-refractivity contribution < 1.29 is 27.9 Å². The van der Waals surface area contributed by atoms with Gasteiger partial charge in [-0.15, -0.1) is 0 Å². The van der Waals surface area contributed by atoms with Gasteiger partial charge in [0, 0.05) is 18.4 Å². The number of aliphatic carboxylic acids is 1. The number of nitrogens with one attached hydrogen (secondary N) is 2. The van der Waals surface area contributed by atoms with Crippen molar-refractivity contribution in [2.24, 2.45) is 0 Å². The predicted molar refractivity (Wildman–Crippen MR) is 103 cm³/mol. The lowest BCUT2D eigenvalue weighted by atomic mass is 10.2. The fourth-order valence-corrected chi connectivity index (χ4v) is 2.30. The monoisotopic (exact) mass is 424 g/mol. The average Bonchev–Trinajstić information content (AvgIpc) is 3.12. The number of amides is 1. The maximum atomic E-state index is 12.5. The van der Waals surface area contributed by atoms with Crippen molar-refractivity contribution in [3.8, 4) is 0 Å². The van der Waals surface area contributed by atoms with E-state index in [0.29, 0.717) is 17.0 Å². The quantitative estimate of drug-likeness (QED) is 0.494. The zero-order valence-electron chi connectivity index (χ0n) is 15.8. The van der Waals surface area contributed by atoms with Crippen LogP contribution < -0.4 is 16.4 Å². The second kappa shape index (κ2) is 9.69. The van der Waals surface area contributed by atoms with E-state index in [4.69, 9.17) is 15.6 Å². The number of rotatable bonds is 5. The van der Waals surface area contributed by atoms with Crippen LogP contribution in [0.3, 0.4) is 0 Å². The van der Waals surface area contributed by atoms with Gasteiger partial charge < -0.3 is 21.5 Å². The topological polar surface area (TPSA) is 135 Å². The van der Waals surface area contributed by atoms with Gasteiger partial charge >= 0.3 is 12.1 Å². The molecule has 5 N–H and O–H groups in total. The Balaban J connectivity index is 0.000000396. The van der Waals surface area contributed by atoms with Gasteiger partial charge in [-0.05, 0) is 30.3 Å². The smallest absolute Gasteiger partial charge is 0.475 e. The standard InChI is InChI=1S/C16H18N6O.C2HF3O2/c1-2-18-9-11-4-3-5-12(8-11)21-16(23)13-10-20-22-14(17)6-7-19-15(13)22;3-2(4,5)1(6)7/h3-8,10,18H,2,9,17H2,1H3,(H,21,23);(H,6,7). The molecule has 0 aliphatic carbocycles. The Bertz CT molecular complexity index is 1040. The molecule has 0 spiro atoms. The lowest BCUT2D eigenvalue weighted by Gasteiger charge is -2.07. The summed E-state index contributed by atoms with van der Waals surface area (Å²) >= 11 is 0. The van der Waals surface area contributed by atoms with Gasteiger partial charge in [-0.3, -0.25) is 4.79 Å². The Morgan fingerprint density at radius 3 is 2.60 bits per heavy atom. The minimum atomic E-state index is -5.08. The summed E-state index contributed by atoms with van der Waals surface area (Å²) in [6.07, 6.45) is -2.06. The van der Waals surface area contributed by atoms with E-state index in [1.165, 1.54) is 10.7 Å². The molecule has 1 aromatic carbocycles. The summed E-state index contributed by atoms with van der Waals surface area (Å²) in [5.74, 6) is -2.59. The molecule has 3 aromatic rings. The molecule has 0 radical (unpaired) electrons. The number of nitrogen functional groups attached to an aromatic ring is 1. The number of carbonyl (C=O) groups is 2. The normalized spacial score (nSPS) is 10.9. The molecule has 0 saturated carbocycles. The molecule has 12 heteroatoms. The third-order valence-corrected chi connectivity index (χ3v) is 3.68. The maximum Gasteiger partial charge on any atom is 0.490 e. The van der Waals surface area contributed by atoms with Gasteiger partial charge in [-0.25, -0.2) is 9.78 Å². The number of hydrogen-bond acceptors (Lipinski definition) is 6. The van der Waals surface area contributed by atoms with E-state index in [-0.39, 0.29) is 5.91 Å². The Morgan fingerprint density at radius 2 is 1.97 bits per heavy atom. The van der Waals surface area contributed by atoms with Gasteiger partial charge in [0.05, 0.1) is 6.20 Å². The fourth-order valence-electron chi connectivity index (χ4n) is 2.30. The Morgan fingerprint density at radius 1 is 1.27 bits per heavy atom. The van der Waals surface area contributed by atoms with Gasteiger partial charge in [0.15, 0.2) is 5.65 Å². The van der Waals surface area contributed by atoms with Crippen LogP contribution in [0.5, 0.6) is 0 Å². The van der Waals surface area contributed by atoms with Crippen LogP contribution >= 0.6 is 0 Å². The van der Waals surface area contributed by atoms with Crippen molar-refractivity contribution in [3.63, 3.8) is 0 Å². The van der Waals surface area contributed by atoms with E-state index in [2.05, 4.69) is 27.6 Å². The zero-order chi connectivity index (χ0) is 22.3. The molecule has 0 aliphatic rings. The molecule has 3 rings (SSSR count). The number of fused-ring (bicyclic) bond motifs is 1. The summed E-state index contributed by atoms with van der Waals surface area (Å²) in [6.45, 7) is 3.70. The van der Waals surface area contributed by atoms with Gasteiger partial charge in [-0.1, -0.05) is 19.1 Å². The summed E-state index contributed by atoms with van der Waals surface area (Å²) < 4.78 is 33.2. The second-order valence-corrected chi connectivity index (χ2v) is 5.90. The number of carboxylic acid groups (broad SMARTS) is 1. The lowest BCUT2D eigenvalue weighted by Crippen LogP contribution is -2.21. The van der Waals surface area contributed by atoms with Crippen LogP contribution in [0.15, 0.2) is 42.7 Å². The van der Waals surface area contributed by atoms with Gasteiger partial charge in [0.1, 0.15) is 11.4 Å². The van der Waals surface area contributed by atoms with Crippen LogP contribution in [0.4, 0.5) is 24.7 Å². The molecular weight excluding hydrogens is 405 g/mol. The molecule has 0 aliphatic heterocycles. The minimum Gasteiger partial charge on any atom is -0.475 e. The number of alkyl halides is 3. The van der Waals surface area contributed by atoms with E-state index in [0.717, 1.165) is 24.3 Å². The molecule has 0 bridgehead atoms. The summed E-state index contributed by atoms with van der Waals surface area (Å²) in [6, 6.07) is 9.34. The third kappa shape index (κ3) is 5.91. The van der Waals surface area contributed by atoms with Crippen molar-refractivity contribution in [2.45, 2.75) is 19.6 Å². The highest BCUT2D eigenvalue weighted by molar-refractivity contribution is 6.08. The van der Waals surface area contributed by atoms with Crippen molar-refractivity contribution in [2.75, 3.05) is 17.6 Å². The highest BCUT2D eigenvalue weighted by Gasteiger charge is 2.38. The number of benzene rings is 1. The van der Waals surface area contributed by atoms with Gasteiger partial charge in [-0.2, -0.15) is 22.8 Å². The van der Waals surface area contributed by atoms with Gasteiger partial charge in [0.2, 0.25) is 0 Å². The first-order valence-electron chi connectivity index (χ1n) is 8.62. The van der Waals surface area contributed by atoms with Crippen LogP contribution in [-0.2, 0) is 11.3 Å². The maximum absolute atomic E-state index is 12.5. The number of nitrogens with two attached hydrogens (primary N) is 1. The van der Waals surface area contributed by atoms with Crippen LogP contribution in [0.25, 0.3) is 5.65 Å². The second-order valence-electron chi connectivity index (χ2n) is 5.90. The number of anilines is 2. The number of carbonyl (C=O) groups excluding carboxylic acids is 1. The molecule has 0 unspecified atom stereocenters. The average molecular weight is 424 g/mol. The van der Waals surface area contributed by atoms with E-state index < -0.39 is 12.1 Å². The molecule has 1 amide bonds. The number of hydrogen-bond donors (Lipinski definition) is 4. The molecule has 30 heavy (non-hydrogen) atoms. The molecule has 0 fully saturated rings. The molecule has 9 nitrogen and oxygen atoms in total. The van der Waals surface area contributed by atoms with E-state index in [9.17, 15) is 18.0 Å². The van der Waals surface area contributed by atoms with Crippen molar-refractivity contribution in [3.05, 3.63) is 53.9 Å². The number of nitrogens with zero attached hydrogens (tertiary/aromatic N) is 3. The Hall–Kier alpha value is -3.67. The van der Waals surface area contributed by atoms with Crippen molar-refractivity contribution >= 4 is 29.0 Å². The molecule has 160 valence electrons. The first-order valence-corrected chi connectivity index (χ1v) is 8.62. The highest BCUT2D eigenvalue weighted by Crippen LogP contribution is 2.16. The van der Waals surface area contributed by atoms with Crippen LogP contribution in [0.1, 0.15) is 22.8 Å². The molecule has 0 atom stereocenters. The number of halogens is 3. The minimum absolute atomic E-state index is 0.265. The molecule has 2 aromatic heterocycles. The summed E-state index contributed by atoms with van der Waals surface area (Å²) in [5.41, 5.74) is 8.46. The summed E-state index contributed by atoms with van der Waals surface area (Å²) in [7, 11) is 0. The van der Waals surface area contributed by atoms with E-state index in [1.807, 2.05) is 24.3 Å². The summed E-state index contributed by atoms with van der Waals surface area (Å²) in [5, 5.41) is 17.3. The van der Waals surface area contributed by atoms with E-state index in [1.54, 1.807) is 12.3 Å². The van der Waals surface area contributed by atoms with Crippen molar-refractivity contribution in [1.29, 1.82) is 0 Å². The SMILES string of the molecule is CCNCc1cccc(NC(=O)c2cnn3c(N)ccnc23)c1.O=C(O)C(F)(F)F. The Kier molecular flexibility index (Phi) is 7.31. The fraction of sp³-hybridized carbons (Fsp3) is 0.222. The van der Waals surface area contributed by atoms with Gasteiger partial charge in [0.25, 0.3) is 5.91 Å². The van der Waals surface area contributed by atoms with Crippen molar-refractivity contribution in [1.82, 2.24) is 19.9 Å². The Labute approximate surface area is 168 Å².